The predicted octanol–water partition coefficient (Wildman–Crippen LogP) is 3.07. The Labute approximate surface area is 155 Å². The summed E-state index contributed by atoms with van der Waals surface area (Å²) >= 11 is 0. The average Bonchev–Trinajstić information content (AvgIpc) is 3.15. The van der Waals surface area contributed by atoms with Gasteiger partial charge >= 0.3 is 0 Å². The Bertz CT molecular complexity index is 1040. The maximum absolute atomic E-state index is 12.3. The second-order valence-electron chi connectivity index (χ2n) is 6.11. The van der Waals surface area contributed by atoms with Gasteiger partial charge in [-0.05, 0) is 42.3 Å². The number of hydrogen-bond acceptors (Lipinski definition) is 6. The molecule has 4 rings (SSSR count). The van der Waals surface area contributed by atoms with Crippen molar-refractivity contribution < 1.29 is 14.0 Å². The Balaban J connectivity index is 1.57. The van der Waals surface area contributed by atoms with Crippen LogP contribution in [0, 0.1) is 0 Å². The summed E-state index contributed by atoms with van der Waals surface area (Å²) in [7, 11) is 0. The van der Waals surface area contributed by atoms with E-state index in [-0.39, 0.29) is 11.4 Å². The van der Waals surface area contributed by atoms with Crippen LogP contribution < -0.4 is 10.3 Å². The second kappa shape index (κ2) is 7.59. The van der Waals surface area contributed by atoms with E-state index in [1.165, 1.54) is 0 Å². The molecular formula is C20H19N3O4. The topological polar surface area (TPSA) is 90.2 Å². The number of aromatic amines is 1. The maximum Gasteiger partial charge on any atom is 0.259 e. The number of aromatic nitrogens is 3. The van der Waals surface area contributed by atoms with Gasteiger partial charge < -0.3 is 19.0 Å². The minimum atomic E-state index is -0.226. The molecule has 1 aromatic carbocycles. The number of fused-ring (bicyclic) bond motifs is 1. The van der Waals surface area contributed by atoms with E-state index < -0.39 is 0 Å². The lowest BCUT2D eigenvalue weighted by Crippen LogP contribution is -2.19. The molecular weight excluding hydrogens is 346 g/mol. The molecule has 7 heteroatoms. The number of ether oxygens (including phenoxy) is 2. The third kappa shape index (κ3) is 3.83. The molecule has 2 aromatic heterocycles. The highest BCUT2D eigenvalue weighted by Crippen LogP contribution is 2.20. The number of hydrogen-bond donors (Lipinski definition) is 1. The maximum atomic E-state index is 12.3. The molecule has 3 aromatic rings. The van der Waals surface area contributed by atoms with Gasteiger partial charge in [-0.3, -0.25) is 4.79 Å². The highest BCUT2D eigenvalue weighted by atomic mass is 16.5. The zero-order valence-corrected chi connectivity index (χ0v) is 14.9. The van der Waals surface area contributed by atoms with Crippen LogP contribution in [0.25, 0.3) is 23.5 Å². The van der Waals surface area contributed by atoms with Gasteiger partial charge in [0.2, 0.25) is 5.82 Å². The van der Waals surface area contributed by atoms with Crippen molar-refractivity contribution in [2.24, 2.45) is 0 Å². The molecule has 0 bridgehead atoms. The Morgan fingerprint density at radius 3 is 3.11 bits per heavy atom. The number of benzene rings is 1. The van der Waals surface area contributed by atoms with E-state index in [2.05, 4.69) is 15.1 Å². The van der Waals surface area contributed by atoms with Crippen molar-refractivity contribution in [3.05, 3.63) is 63.4 Å². The van der Waals surface area contributed by atoms with Crippen LogP contribution in [0.2, 0.25) is 0 Å². The lowest BCUT2D eigenvalue weighted by atomic mass is 10.1. The smallest absolute Gasteiger partial charge is 0.259 e. The lowest BCUT2D eigenvalue weighted by molar-refractivity contribution is 0.109. The first-order chi connectivity index (χ1) is 13.2. The predicted molar refractivity (Wildman–Crippen MR) is 100 cm³/mol. The highest BCUT2D eigenvalue weighted by molar-refractivity contribution is 5.67. The van der Waals surface area contributed by atoms with Crippen molar-refractivity contribution in [2.75, 3.05) is 13.2 Å². The average molecular weight is 365 g/mol. The molecule has 0 amide bonds. The van der Waals surface area contributed by atoms with E-state index in [9.17, 15) is 4.79 Å². The first-order valence-electron chi connectivity index (χ1n) is 8.81. The van der Waals surface area contributed by atoms with Gasteiger partial charge in [0.15, 0.2) is 0 Å². The van der Waals surface area contributed by atoms with E-state index in [1.54, 1.807) is 12.1 Å². The molecule has 0 saturated carbocycles. The molecule has 1 aliphatic heterocycles. The minimum Gasteiger partial charge on any atom is -0.494 e. The van der Waals surface area contributed by atoms with Crippen LogP contribution >= 0.6 is 0 Å². The monoisotopic (exact) mass is 365 g/mol. The van der Waals surface area contributed by atoms with Gasteiger partial charge in [-0.1, -0.05) is 17.3 Å². The largest absolute Gasteiger partial charge is 0.494 e. The Kier molecular flexibility index (Phi) is 4.84. The van der Waals surface area contributed by atoms with E-state index in [1.807, 2.05) is 37.3 Å². The molecule has 0 radical (unpaired) electrons. The van der Waals surface area contributed by atoms with Crippen LogP contribution in [0.3, 0.4) is 0 Å². The van der Waals surface area contributed by atoms with Crippen LogP contribution in [0.15, 0.2) is 39.6 Å². The number of pyridine rings is 1. The zero-order valence-electron chi connectivity index (χ0n) is 14.9. The van der Waals surface area contributed by atoms with E-state index in [4.69, 9.17) is 14.0 Å². The molecule has 0 spiro atoms. The van der Waals surface area contributed by atoms with E-state index >= 15 is 0 Å². The van der Waals surface area contributed by atoms with Crippen LogP contribution in [-0.2, 0) is 17.8 Å². The van der Waals surface area contributed by atoms with Crippen LogP contribution in [0.4, 0.5) is 0 Å². The minimum absolute atomic E-state index is 0.226. The standard InChI is InChI=1S/C20H19N3O4/c1-2-26-15-5-3-4-13(10-15)6-7-18-22-19(23-27-18)16-11-14-12-25-9-8-17(14)21-20(16)24/h3-7,10-11H,2,8-9,12H2,1H3,(H,21,24)/b7-6+. The fourth-order valence-corrected chi connectivity index (χ4v) is 2.94. The summed E-state index contributed by atoms with van der Waals surface area (Å²) in [4.78, 5) is 19.5. The van der Waals surface area contributed by atoms with Gasteiger partial charge in [0.1, 0.15) is 5.75 Å². The molecule has 0 saturated heterocycles. The Morgan fingerprint density at radius 2 is 2.22 bits per heavy atom. The molecule has 7 nitrogen and oxygen atoms in total. The van der Waals surface area contributed by atoms with E-state index in [0.29, 0.717) is 37.7 Å². The zero-order chi connectivity index (χ0) is 18.6. The molecule has 1 N–H and O–H groups in total. The summed E-state index contributed by atoms with van der Waals surface area (Å²) in [5.41, 5.74) is 2.96. The van der Waals surface area contributed by atoms with Crippen molar-refractivity contribution in [3.8, 4) is 17.1 Å². The third-order valence-electron chi connectivity index (χ3n) is 4.24. The van der Waals surface area contributed by atoms with Gasteiger partial charge in [-0.25, -0.2) is 0 Å². The van der Waals surface area contributed by atoms with Gasteiger partial charge in [0, 0.05) is 18.2 Å². The molecule has 0 atom stereocenters. The lowest BCUT2D eigenvalue weighted by Gasteiger charge is -2.15. The quantitative estimate of drug-likeness (QED) is 0.747. The molecule has 3 heterocycles. The third-order valence-corrected chi connectivity index (χ3v) is 4.24. The molecule has 0 aliphatic carbocycles. The number of nitrogens with zero attached hydrogens (tertiary/aromatic N) is 2. The molecule has 1 aliphatic rings. The summed E-state index contributed by atoms with van der Waals surface area (Å²) in [6.07, 6.45) is 4.26. The summed E-state index contributed by atoms with van der Waals surface area (Å²) in [5.74, 6) is 1.38. The van der Waals surface area contributed by atoms with Crippen molar-refractivity contribution in [1.82, 2.24) is 15.1 Å². The number of nitrogens with one attached hydrogen (secondary N) is 1. The first kappa shape index (κ1) is 17.2. The van der Waals surface area contributed by atoms with Crippen molar-refractivity contribution in [1.29, 1.82) is 0 Å². The molecule has 0 unspecified atom stereocenters. The molecule has 138 valence electrons. The van der Waals surface area contributed by atoms with Crippen molar-refractivity contribution in [2.45, 2.75) is 20.0 Å². The first-order valence-corrected chi connectivity index (χ1v) is 8.81. The highest BCUT2D eigenvalue weighted by Gasteiger charge is 2.17. The summed E-state index contributed by atoms with van der Waals surface area (Å²) in [6.45, 7) is 3.64. The Morgan fingerprint density at radius 1 is 1.30 bits per heavy atom. The second-order valence-corrected chi connectivity index (χ2v) is 6.11. The Hall–Kier alpha value is -3.19. The van der Waals surface area contributed by atoms with Crippen molar-refractivity contribution >= 4 is 12.2 Å². The fourth-order valence-electron chi connectivity index (χ4n) is 2.94. The SMILES string of the molecule is CCOc1cccc(/C=C/c2nc(-c3cc4c([nH]c3=O)CCOC4)no2)c1. The number of rotatable bonds is 5. The summed E-state index contributed by atoms with van der Waals surface area (Å²) < 4.78 is 16.2. The van der Waals surface area contributed by atoms with Gasteiger partial charge in [0.25, 0.3) is 11.4 Å². The van der Waals surface area contributed by atoms with Gasteiger partial charge in [0.05, 0.1) is 25.4 Å². The fraction of sp³-hybridized carbons (Fsp3) is 0.250. The number of H-pyrrole nitrogens is 1. The molecule has 0 fully saturated rings. The van der Waals surface area contributed by atoms with Gasteiger partial charge in [-0.15, -0.1) is 0 Å². The summed E-state index contributed by atoms with van der Waals surface area (Å²) in [5, 5.41) is 3.93. The van der Waals surface area contributed by atoms with Crippen molar-refractivity contribution in [3.63, 3.8) is 0 Å². The van der Waals surface area contributed by atoms with Crippen LogP contribution in [0.5, 0.6) is 5.75 Å². The van der Waals surface area contributed by atoms with Crippen LogP contribution in [0.1, 0.15) is 29.6 Å². The molecule has 27 heavy (non-hydrogen) atoms. The van der Waals surface area contributed by atoms with Crippen LogP contribution in [-0.4, -0.2) is 28.3 Å². The summed E-state index contributed by atoms with van der Waals surface area (Å²) in [6, 6.07) is 9.46. The van der Waals surface area contributed by atoms with Gasteiger partial charge in [-0.2, -0.15) is 4.98 Å². The normalized spacial score (nSPS) is 13.7. The van der Waals surface area contributed by atoms with E-state index in [0.717, 1.165) is 22.6 Å².